The number of hydrogen-bond donors (Lipinski definition) is 1. The Morgan fingerprint density at radius 1 is 0.964 bits per heavy atom. The van der Waals surface area contributed by atoms with Gasteiger partial charge < -0.3 is 5.32 Å². The fraction of sp³-hybridized carbons (Fsp3) is 0.273. The summed E-state index contributed by atoms with van der Waals surface area (Å²) < 4.78 is 16.3. The van der Waals surface area contributed by atoms with E-state index in [0.717, 1.165) is 22.1 Å². The Kier molecular flexibility index (Phi) is 5.90. The van der Waals surface area contributed by atoms with Crippen molar-refractivity contribution < 1.29 is 4.39 Å². The summed E-state index contributed by atoms with van der Waals surface area (Å²) in [6.45, 7) is 2.38. The first-order valence-corrected chi connectivity index (χ1v) is 9.24. The summed E-state index contributed by atoms with van der Waals surface area (Å²) in [5.74, 6) is -0.310. The highest BCUT2D eigenvalue weighted by Crippen LogP contribution is 2.24. The van der Waals surface area contributed by atoms with Gasteiger partial charge in [-0.15, -0.1) is 0 Å². The van der Waals surface area contributed by atoms with Crippen LogP contribution in [0.1, 0.15) is 35.3 Å². The molecule has 3 aromatic rings. The van der Waals surface area contributed by atoms with E-state index in [4.69, 9.17) is 0 Å². The van der Waals surface area contributed by atoms with Gasteiger partial charge in [-0.3, -0.25) is 13.9 Å². The Balaban J connectivity index is 1.96. The summed E-state index contributed by atoms with van der Waals surface area (Å²) >= 11 is 0. The number of aromatic nitrogens is 2. The smallest absolute Gasteiger partial charge is 0.301 e. The standard InChI is InChI=1S/C22H24FN3O2/c1-4-15-8-10-16(11-9-15)21(17-6-5-7-18(23)12-17)24-14-19-13-20(27)26(3)22(28)25(19)2/h5-13,21,24H,4,14H2,1-3H3. The molecule has 5 nitrogen and oxygen atoms in total. The third-order valence-corrected chi connectivity index (χ3v) is 5.02. The van der Waals surface area contributed by atoms with Crippen LogP contribution < -0.4 is 16.6 Å². The van der Waals surface area contributed by atoms with E-state index in [9.17, 15) is 14.0 Å². The van der Waals surface area contributed by atoms with E-state index in [-0.39, 0.29) is 23.1 Å². The molecule has 0 aliphatic rings. The molecule has 0 saturated carbocycles. The molecule has 0 saturated heterocycles. The van der Waals surface area contributed by atoms with Gasteiger partial charge >= 0.3 is 5.69 Å². The molecule has 0 fully saturated rings. The number of aryl methyl sites for hydroxylation is 1. The third-order valence-electron chi connectivity index (χ3n) is 5.02. The molecule has 0 aliphatic carbocycles. The number of benzene rings is 2. The highest BCUT2D eigenvalue weighted by atomic mass is 19.1. The lowest BCUT2D eigenvalue weighted by atomic mass is 9.97. The molecule has 2 aromatic carbocycles. The molecule has 3 rings (SSSR count). The summed E-state index contributed by atoms with van der Waals surface area (Å²) in [7, 11) is 3.08. The van der Waals surface area contributed by atoms with Gasteiger partial charge in [-0.05, 0) is 35.2 Å². The maximum absolute atomic E-state index is 13.8. The van der Waals surface area contributed by atoms with Crippen molar-refractivity contribution in [2.24, 2.45) is 14.1 Å². The van der Waals surface area contributed by atoms with Gasteiger partial charge in [0.25, 0.3) is 5.56 Å². The highest BCUT2D eigenvalue weighted by Gasteiger charge is 2.16. The average Bonchev–Trinajstić information content (AvgIpc) is 2.70. The van der Waals surface area contributed by atoms with Crippen molar-refractivity contribution in [2.75, 3.05) is 0 Å². The van der Waals surface area contributed by atoms with Gasteiger partial charge in [-0.25, -0.2) is 9.18 Å². The molecule has 0 radical (unpaired) electrons. The molecule has 1 atom stereocenters. The Bertz CT molecular complexity index is 1080. The van der Waals surface area contributed by atoms with Crippen LogP contribution in [0.15, 0.2) is 64.2 Å². The molecule has 1 unspecified atom stereocenters. The molecule has 1 heterocycles. The van der Waals surface area contributed by atoms with Crippen LogP contribution in [0.3, 0.4) is 0 Å². The number of nitrogens with zero attached hydrogens (tertiary/aromatic N) is 2. The van der Waals surface area contributed by atoms with Gasteiger partial charge in [-0.2, -0.15) is 0 Å². The van der Waals surface area contributed by atoms with Crippen LogP contribution in [0.25, 0.3) is 0 Å². The van der Waals surface area contributed by atoms with Crippen LogP contribution in [0.5, 0.6) is 0 Å². The van der Waals surface area contributed by atoms with Gasteiger partial charge in [0, 0.05) is 32.4 Å². The fourth-order valence-corrected chi connectivity index (χ4v) is 3.21. The summed E-state index contributed by atoms with van der Waals surface area (Å²) in [5.41, 5.74) is 2.82. The number of halogens is 1. The molecule has 1 aromatic heterocycles. The van der Waals surface area contributed by atoms with Gasteiger partial charge in [0.15, 0.2) is 0 Å². The molecule has 0 aliphatic heterocycles. The summed E-state index contributed by atoms with van der Waals surface area (Å²) in [6, 6.07) is 15.7. The molecule has 146 valence electrons. The van der Waals surface area contributed by atoms with E-state index in [0.29, 0.717) is 12.2 Å². The zero-order valence-electron chi connectivity index (χ0n) is 16.3. The topological polar surface area (TPSA) is 56.0 Å². The van der Waals surface area contributed by atoms with Crippen LogP contribution in [-0.4, -0.2) is 9.13 Å². The van der Waals surface area contributed by atoms with Gasteiger partial charge in [0.05, 0.1) is 6.04 Å². The van der Waals surface area contributed by atoms with E-state index in [1.165, 1.54) is 35.4 Å². The first-order valence-electron chi connectivity index (χ1n) is 9.24. The van der Waals surface area contributed by atoms with E-state index >= 15 is 0 Å². The minimum Gasteiger partial charge on any atom is -0.301 e. The summed E-state index contributed by atoms with van der Waals surface area (Å²) in [5, 5.41) is 3.37. The number of nitrogens with one attached hydrogen (secondary N) is 1. The molecular weight excluding hydrogens is 357 g/mol. The second kappa shape index (κ2) is 8.35. The lowest BCUT2D eigenvalue weighted by Crippen LogP contribution is -2.39. The van der Waals surface area contributed by atoms with Gasteiger partial charge in [0.1, 0.15) is 5.82 Å². The van der Waals surface area contributed by atoms with E-state index < -0.39 is 0 Å². The van der Waals surface area contributed by atoms with Gasteiger partial charge in [0.2, 0.25) is 0 Å². The predicted molar refractivity (Wildman–Crippen MR) is 108 cm³/mol. The van der Waals surface area contributed by atoms with Crippen LogP contribution >= 0.6 is 0 Å². The van der Waals surface area contributed by atoms with Crippen LogP contribution in [0, 0.1) is 5.82 Å². The summed E-state index contributed by atoms with van der Waals surface area (Å²) in [4.78, 5) is 24.1. The van der Waals surface area contributed by atoms with Crippen molar-refractivity contribution in [3.8, 4) is 0 Å². The molecule has 28 heavy (non-hydrogen) atoms. The Hall–Kier alpha value is -2.99. The Labute approximate surface area is 163 Å². The van der Waals surface area contributed by atoms with E-state index in [1.807, 2.05) is 18.2 Å². The maximum Gasteiger partial charge on any atom is 0.330 e. The molecule has 0 bridgehead atoms. The SMILES string of the molecule is CCc1ccc(C(NCc2cc(=O)n(C)c(=O)n2C)c2cccc(F)c2)cc1. The van der Waals surface area contributed by atoms with Crippen LogP contribution in [-0.2, 0) is 27.1 Å². The zero-order valence-corrected chi connectivity index (χ0v) is 16.3. The van der Waals surface area contributed by atoms with Crippen LogP contribution in [0.2, 0.25) is 0 Å². The van der Waals surface area contributed by atoms with Crippen molar-refractivity contribution in [3.05, 3.63) is 104 Å². The monoisotopic (exact) mass is 381 g/mol. The first-order chi connectivity index (χ1) is 13.4. The number of hydrogen-bond acceptors (Lipinski definition) is 3. The van der Waals surface area contributed by atoms with Crippen LogP contribution in [0.4, 0.5) is 4.39 Å². The quantitative estimate of drug-likeness (QED) is 0.714. The normalized spacial score (nSPS) is 12.1. The van der Waals surface area contributed by atoms with Crippen molar-refractivity contribution in [2.45, 2.75) is 25.9 Å². The minimum atomic E-state index is -0.376. The second-order valence-corrected chi connectivity index (χ2v) is 6.84. The highest BCUT2D eigenvalue weighted by molar-refractivity contribution is 5.34. The molecule has 1 N–H and O–H groups in total. The maximum atomic E-state index is 13.8. The molecule has 0 spiro atoms. The van der Waals surface area contributed by atoms with Crippen molar-refractivity contribution >= 4 is 0 Å². The average molecular weight is 381 g/mol. The van der Waals surface area contributed by atoms with Crippen molar-refractivity contribution in [1.29, 1.82) is 0 Å². The second-order valence-electron chi connectivity index (χ2n) is 6.84. The third kappa shape index (κ3) is 4.12. The lowest BCUT2D eigenvalue weighted by molar-refractivity contribution is 0.555. The van der Waals surface area contributed by atoms with Gasteiger partial charge in [-0.1, -0.05) is 43.3 Å². The van der Waals surface area contributed by atoms with E-state index in [2.05, 4.69) is 24.4 Å². The molecule has 0 amide bonds. The predicted octanol–water partition coefficient (Wildman–Crippen LogP) is 2.66. The molecular formula is C22H24FN3O2. The summed E-state index contributed by atoms with van der Waals surface area (Å²) in [6.07, 6.45) is 0.938. The first kappa shape index (κ1) is 19.8. The molecule has 6 heteroatoms. The number of rotatable bonds is 6. The fourth-order valence-electron chi connectivity index (χ4n) is 3.21. The Morgan fingerprint density at radius 2 is 1.68 bits per heavy atom. The Morgan fingerprint density at radius 3 is 2.32 bits per heavy atom. The zero-order chi connectivity index (χ0) is 20.3. The lowest BCUT2D eigenvalue weighted by Gasteiger charge is -2.21. The minimum absolute atomic E-state index is 0.277. The largest absolute Gasteiger partial charge is 0.330 e. The van der Waals surface area contributed by atoms with E-state index in [1.54, 1.807) is 13.1 Å². The van der Waals surface area contributed by atoms with Crippen molar-refractivity contribution in [1.82, 2.24) is 14.5 Å². The van der Waals surface area contributed by atoms with Crippen molar-refractivity contribution in [3.63, 3.8) is 0 Å².